The van der Waals surface area contributed by atoms with Crippen LogP contribution >= 0.6 is 0 Å². The zero-order chi connectivity index (χ0) is 15.1. The molecular formula is C12H14O6S2. The summed E-state index contributed by atoms with van der Waals surface area (Å²) in [7, 11) is -7.16. The zero-order valence-electron chi connectivity index (χ0n) is 10.7. The van der Waals surface area contributed by atoms with Crippen LogP contribution in [0.3, 0.4) is 0 Å². The molecule has 0 saturated carbocycles. The van der Waals surface area contributed by atoms with E-state index in [1.807, 2.05) is 0 Å². The molecule has 0 spiro atoms. The normalized spacial score (nSPS) is 21.8. The van der Waals surface area contributed by atoms with E-state index in [1.165, 1.54) is 25.1 Å². The van der Waals surface area contributed by atoms with Crippen molar-refractivity contribution < 1.29 is 26.7 Å². The molecule has 8 heteroatoms. The Labute approximate surface area is 117 Å². The summed E-state index contributed by atoms with van der Waals surface area (Å²) in [5.74, 6) is -1.75. The summed E-state index contributed by atoms with van der Waals surface area (Å²) in [5.41, 5.74) is 0.0521. The van der Waals surface area contributed by atoms with Crippen LogP contribution in [-0.2, 0) is 19.7 Å². The third kappa shape index (κ3) is 2.57. The fourth-order valence-corrected chi connectivity index (χ4v) is 6.96. The lowest BCUT2D eigenvalue weighted by atomic mass is 10.1. The number of sulfone groups is 2. The number of hydrogen-bond acceptors (Lipinski definition) is 5. The van der Waals surface area contributed by atoms with Crippen molar-refractivity contribution in [2.24, 2.45) is 0 Å². The lowest BCUT2D eigenvalue weighted by molar-refractivity contribution is 0.0695. The van der Waals surface area contributed by atoms with Crippen molar-refractivity contribution in [3.63, 3.8) is 0 Å². The summed E-state index contributed by atoms with van der Waals surface area (Å²) in [6, 6.07) is 4.00. The van der Waals surface area contributed by atoms with Gasteiger partial charge in [-0.2, -0.15) is 0 Å². The van der Waals surface area contributed by atoms with Crippen molar-refractivity contribution in [2.75, 3.05) is 11.5 Å². The third-order valence-corrected chi connectivity index (χ3v) is 7.76. The lowest BCUT2D eigenvalue weighted by Crippen LogP contribution is -2.24. The summed E-state index contributed by atoms with van der Waals surface area (Å²) in [6.45, 7) is 1.42. The summed E-state index contributed by atoms with van der Waals surface area (Å²) in [5, 5.41) is 8.02. The van der Waals surface area contributed by atoms with Gasteiger partial charge in [-0.25, -0.2) is 21.6 Å². The Bertz CT molecular complexity index is 761. The van der Waals surface area contributed by atoms with E-state index in [0.29, 0.717) is 0 Å². The topological polar surface area (TPSA) is 106 Å². The SMILES string of the molecule is Cc1c(C(=O)O)cccc1S(=O)(=O)C1CCS(=O)(=O)C1. The van der Waals surface area contributed by atoms with Crippen LogP contribution in [-0.4, -0.2) is 44.7 Å². The number of benzene rings is 1. The van der Waals surface area contributed by atoms with Crippen LogP contribution in [0.1, 0.15) is 22.3 Å². The lowest BCUT2D eigenvalue weighted by Gasteiger charge is -2.13. The Morgan fingerprint density at radius 2 is 2.00 bits per heavy atom. The van der Waals surface area contributed by atoms with Gasteiger partial charge in [0.2, 0.25) is 0 Å². The van der Waals surface area contributed by atoms with Crippen LogP contribution in [0.4, 0.5) is 0 Å². The summed E-state index contributed by atoms with van der Waals surface area (Å²) >= 11 is 0. The van der Waals surface area contributed by atoms with Crippen LogP contribution < -0.4 is 0 Å². The molecule has 2 rings (SSSR count). The quantitative estimate of drug-likeness (QED) is 0.877. The number of aromatic carboxylic acids is 1. The molecule has 0 bridgehead atoms. The van der Waals surface area contributed by atoms with E-state index in [2.05, 4.69) is 0 Å². The van der Waals surface area contributed by atoms with Gasteiger partial charge in [0.15, 0.2) is 19.7 Å². The molecule has 6 nitrogen and oxygen atoms in total. The van der Waals surface area contributed by atoms with Gasteiger partial charge in [0.05, 0.1) is 27.2 Å². The molecule has 1 aromatic rings. The fraction of sp³-hybridized carbons (Fsp3) is 0.417. The smallest absolute Gasteiger partial charge is 0.335 e. The summed E-state index contributed by atoms with van der Waals surface area (Å²) < 4.78 is 47.8. The molecule has 1 saturated heterocycles. The fourth-order valence-electron chi connectivity index (χ4n) is 2.34. The molecule has 110 valence electrons. The highest BCUT2D eigenvalue weighted by molar-refractivity contribution is 7.96. The highest BCUT2D eigenvalue weighted by Gasteiger charge is 2.39. The summed E-state index contributed by atoms with van der Waals surface area (Å²) in [6.07, 6.45) is 0.0570. The van der Waals surface area contributed by atoms with Gasteiger partial charge in [-0.3, -0.25) is 0 Å². The molecule has 1 heterocycles. The Morgan fingerprint density at radius 3 is 2.50 bits per heavy atom. The van der Waals surface area contributed by atoms with Crippen molar-refractivity contribution >= 4 is 25.6 Å². The van der Waals surface area contributed by atoms with Crippen molar-refractivity contribution in [2.45, 2.75) is 23.5 Å². The monoisotopic (exact) mass is 318 g/mol. The molecule has 1 aliphatic heterocycles. The first-order chi connectivity index (χ1) is 9.15. The van der Waals surface area contributed by atoms with E-state index in [4.69, 9.17) is 5.11 Å². The second-order valence-electron chi connectivity index (χ2n) is 4.80. The van der Waals surface area contributed by atoms with Gasteiger partial charge in [-0.05, 0) is 31.0 Å². The zero-order valence-corrected chi connectivity index (χ0v) is 12.4. The highest BCUT2D eigenvalue weighted by Crippen LogP contribution is 2.28. The Morgan fingerprint density at radius 1 is 1.35 bits per heavy atom. The molecule has 1 unspecified atom stereocenters. The van der Waals surface area contributed by atoms with Crippen molar-refractivity contribution in [3.8, 4) is 0 Å². The number of carbonyl (C=O) groups is 1. The predicted octanol–water partition coefficient (Wildman–Crippen LogP) is 0.654. The van der Waals surface area contributed by atoms with Gasteiger partial charge < -0.3 is 5.11 Å². The molecule has 1 N–H and O–H groups in total. The first-order valence-corrected chi connectivity index (χ1v) is 9.29. The minimum atomic E-state index is -3.84. The van der Waals surface area contributed by atoms with Crippen LogP contribution in [0.5, 0.6) is 0 Å². The van der Waals surface area contributed by atoms with Crippen molar-refractivity contribution in [1.82, 2.24) is 0 Å². The van der Waals surface area contributed by atoms with Gasteiger partial charge in [0.1, 0.15) is 0 Å². The molecule has 1 aromatic carbocycles. The van der Waals surface area contributed by atoms with Gasteiger partial charge in [-0.15, -0.1) is 0 Å². The number of rotatable bonds is 3. The first-order valence-electron chi connectivity index (χ1n) is 5.92. The highest BCUT2D eigenvalue weighted by atomic mass is 32.2. The van der Waals surface area contributed by atoms with E-state index < -0.39 is 36.6 Å². The van der Waals surface area contributed by atoms with E-state index in [1.54, 1.807) is 0 Å². The molecule has 20 heavy (non-hydrogen) atoms. The second-order valence-corrected chi connectivity index (χ2v) is 9.23. The van der Waals surface area contributed by atoms with Gasteiger partial charge >= 0.3 is 5.97 Å². The maximum Gasteiger partial charge on any atom is 0.335 e. The second kappa shape index (κ2) is 4.85. The largest absolute Gasteiger partial charge is 0.478 e. The minimum absolute atomic E-state index is 0.0570. The number of carboxylic acid groups (broad SMARTS) is 1. The molecule has 0 radical (unpaired) electrons. The van der Waals surface area contributed by atoms with E-state index >= 15 is 0 Å². The van der Waals surface area contributed by atoms with Crippen LogP contribution in [0.25, 0.3) is 0 Å². The van der Waals surface area contributed by atoms with Gasteiger partial charge in [-0.1, -0.05) is 6.07 Å². The maximum atomic E-state index is 12.5. The van der Waals surface area contributed by atoms with Gasteiger partial charge in [0, 0.05) is 0 Å². The van der Waals surface area contributed by atoms with Crippen molar-refractivity contribution in [3.05, 3.63) is 29.3 Å². The van der Waals surface area contributed by atoms with Crippen LogP contribution in [0.15, 0.2) is 23.1 Å². The van der Waals surface area contributed by atoms with E-state index in [-0.39, 0.29) is 28.2 Å². The molecule has 1 fully saturated rings. The minimum Gasteiger partial charge on any atom is -0.478 e. The van der Waals surface area contributed by atoms with E-state index in [0.717, 1.165) is 0 Å². The standard InChI is InChI=1S/C12H14O6S2/c1-8-10(12(13)14)3-2-4-11(8)20(17,18)9-5-6-19(15,16)7-9/h2-4,9H,5-7H2,1H3,(H,13,14). The molecular weight excluding hydrogens is 304 g/mol. The maximum absolute atomic E-state index is 12.5. The number of carboxylic acids is 1. The number of hydrogen-bond donors (Lipinski definition) is 1. The van der Waals surface area contributed by atoms with Gasteiger partial charge in [0.25, 0.3) is 0 Å². The molecule has 0 aliphatic carbocycles. The first kappa shape index (κ1) is 15.0. The Balaban J connectivity index is 2.51. The Hall–Kier alpha value is -1.41. The molecule has 0 aromatic heterocycles. The molecule has 1 aliphatic rings. The van der Waals surface area contributed by atoms with Crippen molar-refractivity contribution in [1.29, 1.82) is 0 Å². The Kier molecular flexibility index (Phi) is 3.64. The molecule has 1 atom stereocenters. The predicted molar refractivity (Wildman–Crippen MR) is 72.4 cm³/mol. The average Bonchev–Trinajstić information content (AvgIpc) is 2.70. The summed E-state index contributed by atoms with van der Waals surface area (Å²) in [4.78, 5) is 10.9. The van der Waals surface area contributed by atoms with E-state index in [9.17, 15) is 21.6 Å². The average molecular weight is 318 g/mol. The van der Waals surface area contributed by atoms with Crippen LogP contribution in [0.2, 0.25) is 0 Å². The molecule has 0 amide bonds. The van der Waals surface area contributed by atoms with Crippen LogP contribution in [0, 0.1) is 6.92 Å². The third-order valence-electron chi connectivity index (χ3n) is 3.45.